The highest BCUT2D eigenvalue weighted by atomic mass is 35.5. The van der Waals surface area contributed by atoms with E-state index in [0.717, 1.165) is 18.5 Å². The zero-order valence-electron chi connectivity index (χ0n) is 11.9. The van der Waals surface area contributed by atoms with Crippen molar-refractivity contribution in [2.24, 2.45) is 4.99 Å². The molecule has 1 aromatic heterocycles. The smallest absolute Gasteiger partial charge is 0.269 e. The number of halogens is 3. The van der Waals surface area contributed by atoms with Crippen LogP contribution in [0.25, 0.3) is 11.3 Å². The van der Waals surface area contributed by atoms with Crippen LogP contribution in [-0.2, 0) is 11.3 Å². The molecule has 2 aromatic rings. The third-order valence-corrected chi connectivity index (χ3v) is 3.31. The fourth-order valence-corrected chi connectivity index (χ4v) is 2.32. The van der Waals surface area contributed by atoms with Crippen LogP contribution in [0, 0.1) is 11.6 Å². The van der Waals surface area contributed by atoms with Crippen molar-refractivity contribution in [3.05, 3.63) is 51.3 Å². The van der Waals surface area contributed by atoms with Gasteiger partial charge in [0.1, 0.15) is 16.7 Å². The van der Waals surface area contributed by atoms with Crippen molar-refractivity contribution in [3.8, 4) is 11.3 Å². The second kappa shape index (κ2) is 6.70. The van der Waals surface area contributed by atoms with E-state index >= 15 is 0 Å². The molecule has 0 N–H and O–H groups in total. The normalized spacial score (nSPS) is 11.1. The standard InChI is InChI=1S/C15H13ClF2N2O2/c1-3-20-14(13-10(17)5-4-6-11(13)18)12(19-8-22-2)7-9(16)15(20)21/h4-8H,3H2,1-2H3. The summed E-state index contributed by atoms with van der Waals surface area (Å²) in [6.07, 6.45) is 1.10. The predicted octanol–water partition coefficient (Wildman–Crippen LogP) is 3.77. The van der Waals surface area contributed by atoms with Crippen LogP contribution in [0.15, 0.2) is 34.1 Å². The van der Waals surface area contributed by atoms with Crippen molar-refractivity contribution in [1.82, 2.24) is 4.57 Å². The van der Waals surface area contributed by atoms with Crippen LogP contribution in [0.2, 0.25) is 5.02 Å². The van der Waals surface area contributed by atoms with E-state index in [4.69, 9.17) is 16.3 Å². The fraction of sp³-hybridized carbons (Fsp3) is 0.200. The number of hydrogen-bond donors (Lipinski definition) is 0. The zero-order valence-corrected chi connectivity index (χ0v) is 12.7. The summed E-state index contributed by atoms with van der Waals surface area (Å²) in [4.78, 5) is 16.1. The minimum atomic E-state index is -0.794. The summed E-state index contributed by atoms with van der Waals surface area (Å²) in [7, 11) is 1.38. The van der Waals surface area contributed by atoms with Crippen LogP contribution in [0.3, 0.4) is 0 Å². The third kappa shape index (κ3) is 2.87. The van der Waals surface area contributed by atoms with Crippen LogP contribution in [-0.4, -0.2) is 18.1 Å². The number of nitrogens with zero attached hydrogens (tertiary/aromatic N) is 2. The third-order valence-electron chi connectivity index (χ3n) is 3.04. The van der Waals surface area contributed by atoms with Gasteiger partial charge in [0.25, 0.3) is 5.56 Å². The number of rotatable bonds is 4. The highest BCUT2D eigenvalue weighted by Crippen LogP contribution is 2.34. The van der Waals surface area contributed by atoms with Gasteiger partial charge in [0.15, 0.2) is 6.40 Å². The van der Waals surface area contributed by atoms with Gasteiger partial charge in [-0.05, 0) is 25.1 Å². The first-order chi connectivity index (χ1) is 10.5. The van der Waals surface area contributed by atoms with Crippen LogP contribution < -0.4 is 5.56 Å². The van der Waals surface area contributed by atoms with Crippen molar-refractivity contribution in [2.45, 2.75) is 13.5 Å². The summed E-state index contributed by atoms with van der Waals surface area (Å²) in [5.41, 5.74) is -0.724. The summed E-state index contributed by atoms with van der Waals surface area (Å²) in [6, 6.07) is 4.73. The molecule has 0 unspecified atom stereocenters. The van der Waals surface area contributed by atoms with Gasteiger partial charge in [-0.2, -0.15) is 0 Å². The summed E-state index contributed by atoms with van der Waals surface area (Å²) < 4.78 is 34.1. The van der Waals surface area contributed by atoms with Crippen LogP contribution >= 0.6 is 11.6 Å². The molecule has 0 saturated heterocycles. The summed E-state index contributed by atoms with van der Waals surface area (Å²) >= 11 is 5.88. The predicted molar refractivity (Wildman–Crippen MR) is 81.9 cm³/mol. The lowest BCUT2D eigenvalue weighted by Gasteiger charge is -2.15. The Bertz CT molecular complexity index is 768. The minimum absolute atomic E-state index is 0.0146. The van der Waals surface area contributed by atoms with Gasteiger partial charge in [-0.1, -0.05) is 17.7 Å². The van der Waals surface area contributed by atoms with E-state index in [2.05, 4.69) is 4.99 Å². The lowest BCUT2D eigenvalue weighted by Crippen LogP contribution is -2.22. The average molecular weight is 327 g/mol. The number of aliphatic imine (C=N–C) groups is 1. The molecular formula is C15H13ClF2N2O2. The number of pyridine rings is 1. The van der Waals surface area contributed by atoms with E-state index in [0.29, 0.717) is 0 Å². The largest absolute Gasteiger partial charge is 0.486 e. The van der Waals surface area contributed by atoms with Crippen LogP contribution in [0.4, 0.5) is 14.5 Å². The number of benzene rings is 1. The molecule has 0 atom stereocenters. The molecule has 0 aliphatic carbocycles. The van der Waals surface area contributed by atoms with Crippen LogP contribution in [0.5, 0.6) is 0 Å². The molecule has 0 bridgehead atoms. The fourth-order valence-electron chi connectivity index (χ4n) is 2.12. The van der Waals surface area contributed by atoms with E-state index in [9.17, 15) is 13.6 Å². The Hall–Kier alpha value is -2.21. The van der Waals surface area contributed by atoms with Gasteiger partial charge in [0.05, 0.1) is 24.1 Å². The van der Waals surface area contributed by atoms with E-state index < -0.39 is 17.2 Å². The SMILES string of the molecule is CCn1c(-c2c(F)cccc2F)c(N=COC)cc(Cl)c1=O. The van der Waals surface area contributed by atoms with Crippen molar-refractivity contribution >= 4 is 23.7 Å². The number of hydrogen-bond acceptors (Lipinski definition) is 3. The highest BCUT2D eigenvalue weighted by molar-refractivity contribution is 6.30. The summed E-state index contributed by atoms with van der Waals surface area (Å²) in [5.74, 6) is -1.59. The number of methoxy groups -OCH3 is 1. The number of ether oxygens (including phenoxy) is 1. The summed E-state index contributed by atoms with van der Waals surface area (Å²) in [5, 5.41) is -0.0920. The van der Waals surface area contributed by atoms with Gasteiger partial charge in [0.2, 0.25) is 0 Å². The second-order valence-electron chi connectivity index (χ2n) is 4.34. The first kappa shape index (κ1) is 16.2. The zero-order chi connectivity index (χ0) is 16.3. The molecule has 4 nitrogen and oxygen atoms in total. The lowest BCUT2D eigenvalue weighted by molar-refractivity contribution is 0.423. The minimum Gasteiger partial charge on any atom is -0.486 e. The molecule has 0 aliphatic rings. The van der Waals surface area contributed by atoms with Gasteiger partial charge >= 0.3 is 0 Å². The molecule has 2 rings (SSSR count). The first-order valence-electron chi connectivity index (χ1n) is 6.44. The monoisotopic (exact) mass is 326 g/mol. The van der Waals surface area contributed by atoms with Gasteiger partial charge in [-0.25, -0.2) is 13.8 Å². The molecule has 116 valence electrons. The first-order valence-corrected chi connectivity index (χ1v) is 6.82. The van der Waals surface area contributed by atoms with Gasteiger partial charge in [-0.15, -0.1) is 0 Å². The van der Waals surface area contributed by atoms with E-state index in [1.54, 1.807) is 6.92 Å². The Kier molecular flexibility index (Phi) is 4.92. The Morgan fingerprint density at radius 3 is 2.55 bits per heavy atom. The lowest BCUT2D eigenvalue weighted by atomic mass is 10.1. The quantitative estimate of drug-likeness (QED) is 0.634. The maximum Gasteiger partial charge on any atom is 0.269 e. The van der Waals surface area contributed by atoms with Crippen molar-refractivity contribution in [2.75, 3.05) is 7.11 Å². The van der Waals surface area contributed by atoms with E-state index in [-0.39, 0.29) is 28.5 Å². The Morgan fingerprint density at radius 1 is 1.36 bits per heavy atom. The number of aromatic nitrogens is 1. The maximum atomic E-state index is 14.1. The van der Waals surface area contributed by atoms with Crippen molar-refractivity contribution in [3.63, 3.8) is 0 Å². The van der Waals surface area contributed by atoms with Crippen LogP contribution in [0.1, 0.15) is 6.92 Å². The molecule has 7 heteroatoms. The average Bonchev–Trinajstić information content (AvgIpc) is 2.49. The topological polar surface area (TPSA) is 43.6 Å². The Labute approximate surface area is 130 Å². The molecular weight excluding hydrogens is 314 g/mol. The molecule has 0 aliphatic heterocycles. The molecule has 0 amide bonds. The van der Waals surface area contributed by atoms with E-state index in [1.807, 2.05) is 0 Å². The van der Waals surface area contributed by atoms with E-state index in [1.165, 1.54) is 23.8 Å². The molecule has 0 fully saturated rings. The molecule has 1 heterocycles. The van der Waals surface area contributed by atoms with Crippen molar-refractivity contribution < 1.29 is 13.5 Å². The van der Waals surface area contributed by atoms with Gasteiger partial charge < -0.3 is 9.30 Å². The molecule has 22 heavy (non-hydrogen) atoms. The highest BCUT2D eigenvalue weighted by Gasteiger charge is 2.20. The Morgan fingerprint density at radius 2 is 2.00 bits per heavy atom. The van der Waals surface area contributed by atoms with Gasteiger partial charge in [0, 0.05) is 6.54 Å². The van der Waals surface area contributed by atoms with Crippen molar-refractivity contribution in [1.29, 1.82) is 0 Å². The summed E-state index contributed by atoms with van der Waals surface area (Å²) in [6.45, 7) is 1.85. The maximum absolute atomic E-state index is 14.1. The molecule has 0 spiro atoms. The molecule has 0 radical (unpaired) electrons. The Balaban J connectivity index is 2.91. The second-order valence-corrected chi connectivity index (χ2v) is 4.75. The molecule has 1 aromatic carbocycles. The van der Waals surface area contributed by atoms with Gasteiger partial charge in [-0.3, -0.25) is 4.79 Å². The molecule has 0 saturated carbocycles.